The summed E-state index contributed by atoms with van der Waals surface area (Å²) in [5.41, 5.74) is 4.35. The second-order valence-corrected chi connectivity index (χ2v) is 6.30. The predicted octanol–water partition coefficient (Wildman–Crippen LogP) is 4.14. The normalized spacial score (nSPS) is 11.0. The third kappa shape index (κ3) is 2.57. The molecule has 4 rings (SSSR count). The van der Waals surface area contributed by atoms with E-state index in [0.717, 1.165) is 33.8 Å². The summed E-state index contributed by atoms with van der Waals surface area (Å²) in [6.45, 7) is 2.03. The van der Waals surface area contributed by atoms with Crippen molar-refractivity contribution in [3.8, 4) is 11.1 Å². The number of nitrogens with zero attached hydrogens (tertiary/aromatic N) is 4. The van der Waals surface area contributed by atoms with Crippen LogP contribution in [0, 0.1) is 6.92 Å². The SMILES string of the molecule is Cc1cn(C)nc1Nc1ccc2scc(-c3ccncc3)c2n1. The fourth-order valence-corrected chi connectivity index (χ4v) is 3.48. The topological polar surface area (TPSA) is 55.6 Å². The van der Waals surface area contributed by atoms with E-state index in [1.54, 1.807) is 28.4 Å². The van der Waals surface area contributed by atoms with Crippen molar-refractivity contribution in [3.63, 3.8) is 0 Å². The molecule has 4 aromatic rings. The minimum absolute atomic E-state index is 0.799. The third-order valence-corrected chi connectivity index (χ3v) is 4.60. The summed E-state index contributed by atoms with van der Waals surface area (Å²) in [6, 6.07) is 8.10. The first-order valence-electron chi connectivity index (χ1n) is 7.26. The van der Waals surface area contributed by atoms with E-state index >= 15 is 0 Å². The molecule has 0 amide bonds. The highest BCUT2D eigenvalue weighted by molar-refractivity contribution is 7.17. The Kier molecular flexibility index (Phi) is 3.31. The van der Waals surface area contributed by atoms with Crippen LogP contribution in [0.25, 0.3) is 21.3 Å². The maximum Gasteiger partial charge on any atom is 0.156 e. The van der Waals surface area contributed by atoms with Gasteiger partial charge >= 0.3 is 0 Å². The molecule has 0 bridgehead atoms. The van der Waals surface area contributed by atoms with E-state index in [9.17, 15) is 0 Å². The molecule has 0 unspecified atom stereocenters. The van der Waals surface area contributed by atoms with Gasteiger partial charge in [-0.25, -0.2) is 4.98 Å². The molecule has 0 saturated carbocycles. The Hall–Kier alpha value is -2.73. The molecule has 0 spiro atoms. The lowest BCUT2D eigenvalue weighted by molar-refractivity contribution is 0.770. The van der Waals surface area contributed by atoms with E-state index in [1.165, 1.54) is 4.70 Å². The molecule has 23 heavy (non-hydrogen) atoms. The number of hydrogen-bond acceptors (Lipinski definition) is 5. The summed E-state index contributed by atoms with van der Waals surface area (Å²) < 4.78 is 2.96. The van der Waals surface area contributed by atoms with Gasteiger partial charge in [0.2, 0.25) is 0 Å². The van der Waals surface area contributed by atoms with E-state index < -0.39 is 0 Å². The molecule has 0 aliphatic carbocycles. The van der Waals surface area contributed by atoms with Crippen molar-refractivity contribution in [2.75, 3.05) is 5.32 Å². The van der Waals surface area contributed by atoms with Gasteiger partial charge in [0.1, 0.15) is 5.82 Å². The van der Waals surface area contributed by atoms with E-state index in [4.69, 9.17) is 4.98 Å². The van der Waals surface area contributed by atoms with Crippen LogP contribution < -0.4 is 5.32 Å². The van der Waals surface area contributed by atoms with Crippen LogP contribution in [0.15, 0.2) is 48.2 Å². The molecule has 0 radical (unpaired) electrons. The number of anilines is 2. The van der Waals surface area contributed by atoms with Crippen molar-refractivity contribution in [3.05, 3.63) is 53.8 Å². The van der Waals surface area contributed by atoms with Gasteiger partial charge in [0.15, 0.2) is 5.82 Å². The highest BCUT2D eigenvalue weighted by Gasteiger charge is 2.10. The monoisotopic (exact) mass is 321 g/mol. The van der Waals surface area contributed by atoms with Gasteiger partial charge in [0.25, 0.3) is 0 Å². The van der Waals surface area contributed by atoms with Crippen LogP contribution in [0.5, 0.6) is 0 Å². The summed E-state index contributed by atoms with van der Waals surface area (Å²) in [7, 11) is 1.91. The van der Waals surface area contributed by atoms with Gasteiger partial charge in [-0.3, -0.25) is 9.67 Å². The number of pyridine rings is 2. The number of hydrogen-bond donors (Lipinski definition) is 1. The van der Waals surface area contributed by atoms with Crippen LogP contribution in [-0.4, -0.2) is 19.7 Å². The van der Waals surface area contributed by atoms with Crippen molar-refractivity contribution in [2.24, 2.45) is 7.05 Å². The zero-order valence-corrected chi connectivity index (χ0v) is 13.6. The lowest BCUT2D eigenvalue weighted by Crippen LogP contribution is -1.96. The Morgan fingerprint density at radius 3 is 2.70 bits per heavy atom. The molecular weight excluding hydrogens is 306 g/mol. The fraction of sp³-hybridized carbons (Fsp3) is 0.118. The number of nitrogens with one attached hydrogen (secondary N) is 1. The highest BCUT2D eigenvalue weighted by Crippen LogP contribution is 2.33. The van der Waals surface area contributed by atoms with Crippen molar-refractivity contribution >= 4 is 33.2 Å². The summed E-state index contributed by atoms with van der Waals surface area (Å²) in [5, 5.41) is 9.86. The molecule has 6 heteroatoms. The Morgan fingerprint density at radius 1 is 1.13 bits per heavy atom. The van der Waals surface area contributed by atoms with Crippen molar-refractivity contribution in [1.82, 2.24) is 19.7 Å². The Morgan fingerprint density at radius 2 is 1.96 bits per heavy atom. The molecule has 0 atom stereocenters. The maximum absolute atomic E-state index is 4.79. The van der Waals surface area contributed by atoms with Crippen LogP contribution in [0.2, 0.25) is 0 Å². The first kappa shape index (κ1) is 13.9. The van der Waals surface area contributed by atoms with Crippen molar-refractivity contribution in [2.45, 2.75) is 6.92 Å². The fourth-order valence-electron chi connectivity index (χ4n) is 2.57. The lowest BCUT2D eigenvalue weighted by Gasteiger charge is -2.05. The van der Waals surface area contributed by atoms with Crippen LogP contribution in [0.4, 0.5) is 11.6 Å². The number of aryl methyl sites for hydroxylation is 2. The molecule has 4 aromatic heterocycles. The van der Waals surface area contributed by atoms with E-state index in [1.807, 2.05) is 38.4 Å². The minimum Gasteiger partial charge on any atom is -0.323 e. The maximum atomic E-state index is 4.79. The predicted molar refractivity (Wildman–Crippen MR) is 94.1 cm³/mol. The van der Waals surface area contributed by atoms with Gasteiger partial charge in [-0.1, -0.05) is 0 Å². The van der Waals surface area contributed by atoms with Crippen LogP contribution in [0.1, 0.15) is 5.56 Å². The molecule has 1 N–H and O–H groups in total. The molecular formula is C17H15N5S. The number of aromatic nitrogens is 4. The van der Waals surface area contributed by atoms with Gasteiger partial charge in [-0.2, -0.15) is 5.10 Å². The van der Waals surface area contributed by atoms with Gasteiger partial charge in [-0.15, -0.1) is 11.3 Å². The van der Waals surface area contributed by atoms with Crippen LogP contribution in [-0.2, 0) is 7.05 Å². The summed E-state index contributed by atoms with van der Waals surface area (Å²) in [4.78, 5) is 8.87. The first-order chi connectivity index (χ1) is 11.2. The van der Waals surface area contributed by atoms with E-state index in [-0.39, 0.29) is 0 Å². The Balaban J connectivity index is 1.77. The lowest BCUT2D eigenvalue weighted by atomic mass is 10.1. The van der Waals surface area contributed by atoms with E-state index in [0.29, 0.717) is 0 Å². The molecule has 0 fully saturated rings. The molecule has 0 aliphatic heterocycles. The number of thiophene rings is 1. The smallest absolute Gasteiger partial charge is 0.156 e. The van der Waals surface area contributed by atoms with Gasteiger partial charge < -0.3 is 5.32 Å². The van der Waals surface area contributed by atoms with Crippen LogP contribution >= 0.6 is 11.3 Å². The van der Waals surface area contributed by atoms with Crippen molar-refractivity contribution < 1.29 is 0 Å². The standard InChI is InChI=1S/C17H15N5S/c1-11-9-22(2)21-17(11)20-15-4-3-14-16(19-15)13(10-23-14)12-5-7-18-8-6-12/h3-10H,1-2H3,(H,19,20,21). The van der Waals surface area contributed by atoms with Crippen LogP contribution in [0.3, 0.4) is 0 Å². The second kappa shape index (κ2) is 5.48. The zero-order chi connectivity index (χ0) is 15.8. The first-order valence-corrected chi connectivity index (χ1v) is 8.14. The van der Waals surface area contributed by atoms with Gasteiger partial charge in [-0.05, 0) is 36.8 Å². The van der Waals surface area contributed by atoms with E-state index in [2.05, 4.69) is 26.8 Å². The zero-order valence-electron chi connectivity index (χ0n) is 12.8. The third-order valence-electron chi connectivity index (χ3n) is 3.67. The Labute approximate surface area is 137 Å². The molecule has 0 aromatic carbocycles. The Bertz CT molecular complexity index is 971. The molecule has 0 aliphatic rings. The molecule has 0 saturated heterocycles. The average molecular weight is 321 g/mol. The molecule has 5 nitrogen and oxygen atoms in total. The molecule has 4 heterocycles. The number of rotatable bonds is 3. The number of fused-ring (bicyclic) bond motifs is 1. The largest absolute Gasteiger partial charge is 0.323 e. The van der Waals surface area contributed by atoms with Crippen molar-refractivity contribution in [1.29, 1.82) is 0 Å². The summed E-state index contributed by atoms with van der Waals surface area (Å²) in [5.74, 6) is 1.63. The summed E-state index contributed by atoms with van der Waals surface area (Å²) >= 11 is 1.70. The second-order valence-electron chi connectivity index (χ2n) is 5.39. The minimum atomic E-state index is 0.799. The van der Waals surface area contributed by atoms with Gasteiger partial charge in [0.05, 0.1) is 10.2 Å². The average Bonchev–Trinajstić information content (AvgIpc) is 3.11. The van der Waals surface area contributed by atoms with Gasteiger partial charge in [0, 0.05) is 42.1 Å². The summed E-state index contributed by atoms with van der Waals surface area (Å²) in [6.07, 6.45) is 5.59. The molecule has 114 valence electrons. The quantitative estimate of drug-likeness (QED) is 0.616. The highest BCUT2D eigenvalue weighted by atomic mass is 32.1.